The monoisotopic (exact) mass is 376 g/mol. The third kappa shape index (κ3) is 3.94. The molecule has 0 bridgehead atoms. The van der Waals surface area contributed by atoms with Crippen molar-refractivity contribution >= 4 is 11.6 Å². The maximum Gasteiger partial charge on any atom is 0.230 e. The fourth-order valence-electron chi connectivity index (χ4n) is 4.98. The van der Waals surface area contributed by atoms with Crippen molar-refractivity contribution in [1.82, 2.24) is 5.32 Å². The molecule has 4 rings (SSSR count). The number of hydrogen-bond donors (Lipinski definition) is 1. The summed E-state index contributed by atoms with van der Waals surface area (Å²) in [6.07, 6.45) is 6.78. The van der Waals surface area contributed by atoms with Crippen molar-refractivity contribution in [3.05, 3.63) is 65.7 Å². The van der Waals surface area contributed by atoms with Crippen LogP contribution in [-0.2, 0) is 16.8 Å². The van der Waals surface area contributed by atoms with Crippen LogP contribution in [0.3, 0.4) is 0 Å². The van der Waals surface area contributed by atoms with Gasteiger partial charge in [-0.3, -0.25) is 4.79 Å². The molecule has 1 N–H and O–H groups in total. The summed E-state index contributed by atoms with van der Waals surface area (Å²) in [6.45, 7) is 5.24. The van der Waals surface area contributed by atoms with Gasteiger partial charge in [0.05, 0.1) is 5.41 Å². The zero-order chi connectivity index (χ0) is 19.4. The van der Waals surface area contributed by atoms with Gasteiger partial charge in [0, 0.05) is 25.3 Å². The third-order valence-electron chi connectivity index (χ3n) is 6.63. The normalized spacial score (nSPS) is 21.5. The minimum absolute atomic E-state index is 0.185. The Morgan fingerprint density at radius 1 is 1.04 bits per heavy atom. The topological polar surface area (TPSA) is 32.3 Å². The van der Waals surface area contributed by atoms with Crippen molar-refractivity contribution in [2.45, 2.75) is 57.4 Å². The minimum Gasteiger partial charge on any atom is -0.371 e. The summed E-state index contributed by atoms with van der Waals surface area (Å²) < 4.78 is 0. The van der Waals surface area contributed by atoms with E-state index in [0.717, 1.165) is 44.7 Å². The van der Waals surface area contributed by atoms with Gasteiger partial charge in [-0.05, 0) is 54.9 Å². The van der Waals surface area contributed by atoms with Crippen molar-refractivity contribution in [3.8, 4) is 0 Å². The van der Waals surface area contributed by atoms with Gasteiger partial charge in [-0.1, -0.05) is 62.2 Å². The maximum absolute atomic E-state index is 13.2. The number of carbonyl (C=O) groups is 1. The van der Waals surface area contributed by atoms with E-state index in [0.29, 0.717) is 6.54 Å². The van der Waals surface area contributed by atoms with Crippen LogP contribution in [0.15, 0.2) is 54.6 Å². The summed E-state index contributed by atoms with van der Waals surface area (Å²) >= 11 is 0. The Labute approximate surface area is 169 Å². The zero-order valence-electron chi connectivity index (χ0n) is 17.0. The number of anilines is 1. The maximum atomic E-state index is 13.2. The average Bonchev–Trinajstić information content (AvgIpc) is 3.24. The second-order valence-electron chi connectivity index (χ2n) is 8.70. The first kappa shape index (κ1) is 19.0. The summed E-state index contributed by atoms with van der Waals surface area (Å²) in [5, 5.41) is 3.23. The molecule has 2 fully saturated rings. The standard InChI is InChI=1S/C25H32N2O/c1-20-8-7-17-27(19-20)23-13-11-21(12-14-23)18-26-24(28)25(15-5-6-16-25)22-9-3-2-4-10-22/h2-4,9-14,20H,5-8,15-19H2,1H3,(H,26,28)/t20-/m1/s1. The lowest BCUT2D eigenvalue weighted by molar-refractivity contribution is -0.126. The van der Waals surface area contributed by atoms with Crippen molar-refractivity contribution in [1.29, 1.82) is 0 Å². The van der Waals surface area contributed by atoms with E-state index in [-0.39, 0.29) is 11.3 Å². The number of hydrogen-bond acceptors (Lipinski definition) is 2. The molecule has 0 unspecified atom stereocenters. The Morgan fingerprint density at radius 2 is 1.75 bits per heavy atom. The smallest absolute Gasteiger partial charge is 0.230 e. The van der Waals surface area contributed by atoms with E-state index in [2.05, 4.69) is 53.5 Å². The van der Waals surface area contributed by atoms with Gasteiger partial charge in [-0.2, -0.15) is 0 Å². The molecule has 28 heavy (non-hydrogen) atoms. The molecule has 2 aromatic rings. The first-order valence-electron chi connectivity index (χ1n) is 10.9. The summed E-state index contributed by atoms with van der Waals surface area (Å²) in [5.74, 6) is 0.957. The number of nitrogens with zero attached hydrogens (tertiary/aromatic N) is 1. The van der Waals surface area contributed by atoms with E-state index in [1.807, 2.05) is 18.2 Å². The molecule has 1 saturated heterocycles. The van der Waals surface area contributed by atoms with E-state index in [1.54, 1.807) is 0 Å². The Kier molecular flexibility index (Phi) is 5.70. The Morgan fingerprint density at radius 3 is 2.43 bits per heavy atom. The number of nitrogens with one attached hydrogen (secondary N) is 1. The van der Waals surface area contributed by atoms with Crippen molar-refractivity contribution < 1.29 is 4.79 Å². The van der Waals surface area contributed by atoms with Crippen LogP contribution in [-0.4, -0.2) is 19.0 Å². The van der Waals surface area contributed by atoms with Gasteiger partial charge in [0.1, 0.15) is 0 Å². The van der Waals surface area contributed by atoms with E-state index >= 15 is 0 Å². The molecule has 1 heterocycles. The second kappa shape index (κ2) is 8.38. The first-order chi connectivity index (χ1) is 13.7. The van der Waals surface area contributed by atoms with Gasteiger partial charge in [0.15, 0.2) is 0 Å². The molecule has 1 atom stereocenters. The number of rotatable bonds is 5. The highest BCUT2D eigenvalue weighted by Gasteiger charge is 2.42. The summed E-state index contributed by atoms with van der Waals surface area (Å²) in [5.41, 5.74) is 3.30. The van der Waals surface area contributed by atoms with Crippen LogP contribution in [0.1, 0.15) is 56.6 Å². The highest BCUT2D eigenvalue weighted by Crippen LogP contribution is 2.41. The molecule has 148 valence electrons. The molecule has 3 heteroatoms. The van der Waals surface area contributed by atoms with E-state index in [4.69, 9.17) is 0 Å². The SMILES string of the molecule is C[C@@H]1CCCN(c2ccc(CNC(=O)C3(c4ccccc4)CCCC3)cc2)C1. The highest BCUT2D eigenvalue weighted by molar-refractivity contribution is 5.88. The molecule has 1 aliphatic carbocycles. The van der Waals surface area contributed by atoms with Crippen LogP contribution in [0.2, 0.25) is 0 Å². The molecule has 3 nitrogen and oxygen atoms in total. The molecule has 1 aliphatic heterocycles. The molecule has 2 aromatic carbocycles. The predicted octanol–water partition coefficient (Wildman–Crippen LogP) is 5.05. The molecular formula is C25H32N2O. The Hall–Kier alpha value is -2.29. The average molecular weight is 377 g/mol. The van der Waals surface area contributed by atoms with E-state index < -0.39 is 0 Å². The fraction of sp³-hybridized carbons (Fsp3) is 0.480. The highest BCUT2D eigenvalue weighted by atomic mass is 16.2. The van der Waals surface area contributed by atoms with E-state index in [1.165, 1.54) is 29.7 Å². The van der Waals surface area contributed by atoms with Gasteiger partial charge < -0.3 is 10.2 Å². The van der Waals surface area contributed by atoms with Crippen LogP contribution in [0.5, 0.6) is 0 Å². The second-order valence-corrected chi connectivity index (χ2v) is 8.70. The summed E-state index contributed by atoms with van der Waals surface area (Å²) in [7, 11) is 0. The van der Waals surface area contributed by atoms with Gasteiger partial charge in [0.25, 0.3) is 0 Å². The molecule has 0 radical (unpaired) electrons. The third-order valence-corrected chi connectivity index (χ3v) is 6.63. The van der Waals surface area contributed by atoms with Gasteiger partial charge in [0.2, 0.25) is 5.91 Å². The van der Waals surface area contributed by atoms with Crippen molar-refractivity contribution in [3.63, 3.8) is 0 Å². The fourth-order valence-corrected chi connectivity index (χ4v) is 4.98. The summed E-state index contributed by atoms with van der Waals surface area (Å²) in [6, 6.07) is 19.1. The quantitative estimate of drug-likeness (QED) is 0.792. The largest absolute Gasteiger partial charge is 0.371 e. The minimum atomic E-state index is -0.342. The number of piperidine rings is 1. The Bertz CT molecular complexity index is 778. The first-order valence-corrected chi connectivity index (χ1v) is 10.9. The van der Waals surface area contributed by atoms with Crippen molar-refractivity contribution in [2.75, 3.05) is 18.0 Å². The number of carbonyl (C=O) groups excluding carboxylic acids is 1. The lowest BCUT2D eigenvalue weighted by Gasteiger charge is -2.33. The lowest BCUT2D eigenvalue weighted by atomic mass is 9.78. The molecule has 1 amide bonds. The molecular weight excluding hydrogens is 344 g/mol. The molecule has 2 aliphatic rings. The zero-order valence-corrected chi connectivity index (χ0v) is 17.0. The van der Waals surface area contributed by atoms with Crippen LogP contribution in [0.4, 0.5) is 5.69 Å². The van der Waals surface area contributed by atoms with Gasteiger partial charge in [-0.15, -0.1) is 0 Å². The van der Waals surface area contributed by atoms with Gasteiger partial charge >= 0.3 is 0 Å². The van der Waals surface area contributed by atoms with Crippen LogP contribution in [0.25, 0.3) is 0 Å². The predicted molar refractivity (Wildman–Crippen MR) is 115 cm³/mol. The molecule has 1 saturated carbocycles. The lowest BCUT2D eigenvalue weighted by Crippen LogP contribution is -2.42. The Balaban J connectivity index is 1.40. The number of amides is 1. The number of benzene rings is 2. The van der Waals surface area contributed by atoms with Crippen LogP contribution in [0, 0.1) is 5.92 Å². The van der Waals surface area contributed by atoms with Crippen LogP contribution < -0.4 is 10.2 Å². The van der Waals surface area contributed by atoms with Crippen molar-refractivity contribution in [2.24, 2.45) is 5.92 Å². The summed E-state index contributed by atoms with van der Waals surface area (Å²) in [4.78, 5) is 15.7. The van der Waals surface area contributed by atoms with E-state index in [9.17, 15) is 4.79 Å². The van der Waals surface area contributed by atoms with Gasteiger partial charge in [-0.25, -0.2) is 0 Å². The van der Waals surface area contributed by atoms with Crippen LogP contribution >= 0.6 is 0 Å². The molecule has 0 spiro atoms. The molecule has 0 aromatic heterocycles.